The van der Waals surface area contributed by atoms with Gasteiger partial charge in [0.2, 0.25) is 0 Å². The second-order valence-corrected chi connectivity index (χ2v) is 5.37. The average Bonchev–Trinajstić information content (AvgIpc) is 2.89. The first-order valence-electron chi connectivity index (χ1n) is 7.23. The Kier molecular flexibility index (Phi) is 3.55. The van der Waals surface area contributed by atoms with E-state index in [0.29, 0.717) is 12.5 Å². The minimum Gasteiger partial charge on any atom is -0.382 e. The molecule has 2 aromatic carbocycles. The summed E-state index contributed by atoms with van der Waals surface area (Å²) < 4.78 is 0. The zero-order valence-corrected chi connectivity index (χ0v) is 11.7. The molecule has 2 nitrogen and oxygen atoms in total. The Bertz CT molecular complexity index is 591. The maximum absolute atomic E-state index is 11.6. The van der Waals surface area contributed by atoms with Crippen molar-refractivity contribution in [2.45, 2.75) is 32.2 Å². The number of rotatable bonds is 4. The monoisotopic (exact) mass is 265 g/mol. The first-order valence-corrected chi connectivity index (χ1v) is 7.23. The van der Waals surface area contributed by atoms with Crippen LogP contribution in [0.15, 0.2) is 48.5 Å². The lowest BCUT2D eigenvalue weighted by atomic mass is 10.1. The summed E-state index contributed by atoms with van der Waals surface area (Å²) in [5.41, 5.74) is 4.79. The fourth-order valence-electron chi connectivity index (χ4n) is 2.85. The molecule has 0 saturated heterocycles. The lowest BCUT2D eigenvalue weighted by molar-refractivity contribution is 0.0988. The number of anilines is 1. The normalized spacial score (nSPS) is 14.1. The van der Waals surface area contributed by atoms with Crippen molar-refractivity contribution in [2.75, 3.05) is 5.32 Å². The van der Waals surface area contributed by atoms with Gasteiger partial charge in [-0.05, 0) is 48.2 Å². The van der Waals surface area contributed by atoms with E-state index >= 15 is 0 Å². The molecule has 102 valence electrons. The van der Waals surface area contributed by atoms with Gasteiger partial charge in [-0.3, -0.25) is 4.79 Å². The van der Waals surface area contributed by atoms with Crippen LogP contribution in [0.5, 0.6) is 0 Å². The summed E-state index contributed by atoms with van der Waals surface area (Å²) >= 11 is 0. The maximum Gasteiger partial charge on any atom is 0.162 e. The number of hydrogen-bond donors (Lipinski definition) is 1. The second kappa shape index (κ2) is 5.49. The van der Waals surface area contributed by atoms with Crippen LogP contribution in [0.1, 0.15) is 34.8 Å². The molecule has 0 heterocycles. The number of nitrogens with one attached hydrogen (secondary N) is 1. The SMILES string of the molecule is CCC(=O)c1ccc(NC2Cc3ccccc3C2)cc1. The summed E-state index contributed by atoms with van der Waals surface area (Å²) in [4.78, 5) is 11.6. The molecule has 0 amide bonds. The van der Waals surface area contributed by atoms with Crippen LogP contribution in [0.2, 0.25) is 0 Å². The molecule has 0 saturated carbocycles. The van der Waals surface area contributed by atoms with Crippen molar-refractivity contribution >= 4 is 11.5 Å². The molecule has 2 heteroatoms. The molecule has 1 N–H and O–H groups in total. The van der Waals surface area contributed by atoms with Crippen molar-refractivity contribution in [3.8, 4) is 0 Å². The van der Waals surface area contributed by atoms with E-state index in [9.17, 15) is 4.79 Å². The standard InChI is InChI=1S/C18H19NO/c1-2-18(20)13-7-9-16(10-8-13)19-17-11-14-5-3-4-6-15(14)12-17/h3-10,17,19H,2,11-12H2,1H3. The fraction of sp³-hybridized carbons (Fsp3) is 0.278. The first kappa shape index (κ1) is 12.9. The lowest BCUT2D eigenvalue weighted by Crippen LogP contribution is -2.19. The number of ketones is 1. The highest BCUT2D eigenvalue weighted by Crippen LogP contribution is 2.24. The van der Waals surface area contributed by atoms with Crippen LogP contribution in [0, 0.1) is 0 Å². The number of carbonyl (C=O) groups excluding carboxylic acids is 1. The van der Waals surface area contributed by atoms with Crippen molar-refractivity contribution in [1.29, 1.82) is 0 Å². The van der Waals surface area contributed by atoms with Crippen LogP contribution in [-0.2, 0) is 12.8 Å². The number of benzene rings is 2. The minimum atomic E-state index is 0.199. The molecule has 20 heavy (non-hydrogen) atoms. The van der Waals surface area contributed by atoms with Gasteiger partial charge in [0.25, 0.3) is 0 Å². The summed E-state index contributed by atoms with van der Waals surface area (Å²) in [5, 5.41) is 3.56. The van der Waals surface area contributed by atoms with Gasteiger partial charge in [-0.15, -0.1) is 0 Å². The fourth-order valence-corrected chi connectivity index (χ4v) is 2.85. The van der Waals surface area contributed by atoms with Crippen LogP contribution < -0.4 is 5.32 Å². The lowest BCUT2D eigenvalue weighted by Gasteiger charge is -2.13. The number of hydrogen-bond acceptors (Lipinski definition) is 2. The van der Waals surface area contributed by atoms with Crippen molar-refractivity contribution in [2.24, 2.45) is 0 Å². The van der Waals surface area contributed by atoms with E-state index in [0.717, 1.165) is 24.1 Å². The second-order valence-electron chi connectivity index (χ2n) is 5.37. The third kappa shape index (κ3) is 2.60. The van der Waals surface area contributed by atoms with Crippen LogP contribution in [0.25, 0.3) is 0 Å². The molecule has 2 aromatic rings. The maximum atomic E-state index is 11.6. The van der Waals surface area contributed by atoms with E-state index in [1.165, 1.54) is 11.1 Å². The smallest absolute Gasteiger partial charge is 0.162 e. The highest BCUT2D eigenvalue weighted by molar-refractivity contribution is 5.96. The Balaban J connectivity index is 1.66. The third-order valence-electron chi connectivity index (χ3n) is 3.95. The molecule has 0 aromatic heterocycles. The average molecular weight is 265 g/mol. The van der Waals surface area contributed by atoms with E-state index in [-0.39, 0.29) is 5.78 Å². The van der Waals surface area contributed by atoms with E-state index in [1.807, 2.05) is 31.2 Å². The molecule has 0 bridgehead atoms. The van der Waals surface area contributed by atoms with Gasteiger partial charge in [-0.2, -0.15) is 0 Å². The van der Waals surface area contributed by atoms with Crippen molar-refractivity contribution in [3.63, 3.8) is 0 Å². The van der Waals surface area contributed by atoms with Crippen molar-refractivity contribution < 1.29 is 4.79 Å². The Morgan fingerprint density at radius 3 is 2.20 bits per heavy atom. The molecule has 1 aliphatic carbocycles. The van der Waals surface area contributed by atoms with Gasteiger partial charge in [0, 0.05) is 23.7 Å². The Morgan fingerprint density at radius 2 is 1.65 bits per heavy atom. The number of fused-ring (bicyclic) bond motifs is 1. The van der Waals surface area contributed by atoms with Gasteiger partial charge in [0.15, 0.2) is 5.78 Å². The summed E-state index contributed by atoms with van der Waals surface area (Å²) in [5.74, 6) is 0.199. The molecular formula is C18H19NO. The number of Topliss-reactive ketones (excluding diaryl/α,β-unsaturated/α-hetero) is 1. The van der Waals surface area contributed by atoms with Crippen molar-refractivity contribution in [3.05, 3.63) is 65.2 Å². The highest BCUT2D eigenvalue weighted by Gasteiger charge is 2.20. The largest absolute Gasteiger partial charge is 0.382 e. The predicted molar refractivity (Wildman–Crippen MR) is 82.3 cm³/mol. The van der Waals surface area contributed by atoms with Gasteiger partial charge in [0.05, 0.1) is 0 Å². The van der Waals surface area contributed by atoms with Crippen LogP contribution in [0.4, 0.5) is 5.69 Å². The summed E-state index contributed by atoms with van der Waals surface area (Å²) in [6.45, 7) is 1.89. The molecule has 0 atom stereocenters. The van der Waals surface area contributed by atoms with Crippen LogP contribution in [-0.4, -0.2) is 11.8 Å². The molecule has 0 spiro atoms. The van der Waals surface area contributed by atoms with Gasteiger partial charge >= 0.3 is 0 Å². The molecule has 0 radical (unpaired) electrons. The topological polar surface area (TPSA) is 29.1 Å². The zero-order valence-electron chi connectivity index (χ0n) is 11.7. The highest BCUT2D eigenvalue weighted by atomic mass is 16.1. The van der Waals surface area contributed by atoms with E-state index in [1.54, 1.807) is 0 Å². The Hall–Kier alpha value is -2.09. The summed E-state index contributed by atoms with van der Waals surface area (Å²) in [6.07, 6.45) is 2.71. The van der Waals surface area contributed by atoms with Crippen LogP contribution >= 0.6 is 0 Å². The summed E-state index contributed by atoms with van der Waals surface area (Å²) in [6, 6.07) is 16.9. The van der Waals surface area contributed by atoms with Crippen molar-refractivity contribution in [1.82, 2.24) is 0 Å². The molecule has 3 rings (SSSR count). The molecular weight excluding hydrogens is 246 g/mol. The minimum absolute atomic E-state index is 0.199. The molecule has 1 aliphatic rings. The first-order chi connectivity index (χ1) is 9.76. The van der Waals surface area contributed by atoms with Gasteiger partial charge in [-0.25, -0.2) is 0 Å². The summed E-state index contributed by atoms with van der Waals surface area (Å²) in [7, 11) is 0. The van der Waals surface area contributed by atoms with E-state index in [4.69, 9.17) is 0 Å². The van der Waals surface area contributed by atoms with Gasteiger partial charge in [0.1, 0.15) is 0 Å². The molecule has 0 fully saturated rings. The predicted octanol–water partition coefficient (Wildman–Crippen LogP) is 3.86. The van der Waals surface area contributed by atoms with Crippen LogP contribution in [0.3, 0.4) is 0 Å². The molecule has 0 unspecified atom stereocenters. The quantitative estimate of drug-likeness (QED) is 0.850. The zero-order chi connectivity index (χ0) is 13.9. The van der Waals surface area contributed by atoms with Gasteiger partial charge in [-0.1, -0.05) is 31.2 Å². The third-order valence-corrected chi connectivity index (χ3v) is 3.95. The Morgan fingerprint density at radius 1 is 1.05 bits per heavy atom. The van der Waals surface area contributed by atoms with E-state index < -0.39 is 0 Å². The molecule has 0 aliphatic heterocycles. The Labute approximate surface area is 119 Å². The number of carbonyl (C=O) groups is 1. The van der Waals surface area contributed by atoms with E-state index in [2.05, 4.69) is 29.6 Å². The van der Waals surface area contributed by atoms with Gasteiger partial charge < -0.3 is 5.32 Å².